The topological polar surface area (TPSA) is 61.7 Å². The first-order valence-corrected chi connectivity index (χ1v) is 19.1. The van der Waals surface area contributed by atoms with Gasteiger partial charge in [-0.15, -0.1) is 0 Å². The van der Waals surface area contributed by atoms with Crippen molar-refractivity contribution >= 4 is 65.6 Å². The number of para-hydroxylation sites is 3. The van der Waals surface area contributed by atoms with E-state index in [9.17, 15) is 0 Å². The monoisotopic (exact) mass is 729 g/mol. The zero-order valence-electron chi connectivity index (χ0n) is 30.5. The lowest BCUT2D eigenvalue weighted by molar-refractivity contribution is 0.669. The van der Waals surface area contributed by atoms with E-state index in [2.05, 4.69) is 167 Å². The Bertz CT molecular complexity index is 3470. The molecule has 266 valence electrons. The second kappa shape index (κ2) is 12.3. The van der Waals surface area contributed by atoms with Crippen LogP contribution in [0, 0.1) is 0 Å². The quantitative estimate of drug-likeness (QED) is 0.177. The molecule has 0 bridgehead atoms. The lowest BCUT2D eigenvalue weighted by Crippen LogP contribution is -2.06. The number of rotatable bonds is 5. The maximum Gasteiger partial charge on any atom is 0.238 e. The van der Waals surface area contributed by atoms with Crippen molar-refractivity contribution in [2.45, 2.75) is 0 Å². The maximum absolute atomic E-state index is 6.71. The van der Waals surface area contributed by atoms with Crippen molar-refractivity contribution in [1.82, 2.24) is 24.1 Å². The van der Waals surface area contributed by atoms with E-state index in [1.165, 1.54) is 16.5 Å². The molecule has 0 unspecified atom stereocenters. The van der Waals surface area contributed by atoms with Crippen LogP contribution in [-0.2, 0) is 0 Å². The van der Waals surface area contributed by atoms with Gasteiger partial charge in [0.05, 0.1) is 22.1 Å². The van der Waals surface area contributed by atoms with Gasteiger partial charge in [-0.3, -0.25) is 4.57 Å². The Morgan fingerprint density at radius 2 is 0.877 bits per heavy atom. The molecule has 12 aromatic rings. The summed E-state index contributed by atoms with van der Waals surface area (Å²) in [6.45, 7) is 0. The van der Waals surface area contributed by atoms with Crippen molar-refractivity contribution in [3.63, 3.8) is 0 Å². The van der Waals surface area contributed by atoms with Crippen LogP contribution in [0.15, 0.2) is 192 Å². The highest BCUT2D eigenvalue weighted by Gasteiger charge is 2.20. The van der Waals surface area contributed by atoms with Gasteiger partial charge in [-0.25, -0.2) is 4.98 Å². The molecule has 6 nitrogen and oxygen atoms in total. The minimum atomic E-state index is 0.562. The zero-order valence-corrected chi connectivity index (χ0v) is 30.5. The third kappa shape index (κ3) is 4.94. The molecular formula is C51H31N5O. The number of hydrogen-bond donors (Lipinski definition) is 0. The average molecular weight is 730 g/mol. The van der Waals surface area contributed by atoms with Crippen molar-refractivity contribution in [3.8, 4) is 45.5 Å². The largest absolute Gasteiger partial charge is 0.456 e. The van der Waals surface area contributed by atoms with Gasteiger partial charge >= 0.3 is 0 Å². The fraction of sp³-hybridized carbons (Fsp3) is 0. The molecule has 12 rings (SSSR count). The molecule has 6 heteroatoms. The average Bonchev–Trinajstić information content (AvgIpc) is 3.93. The van der Waals surface area contributed by atoms with Crippen LogP contribution in [0.2, 0.25) is 0 Å². The number of nitrogens with zero attached hydrogens (tertiary/aromatic N) is 5. The summed E-state index contributed by atoms with van der Waals surface area (Å²) in [7, 11) is 0. The molecule has 0 saturated heterocycles. The van der Waals surface area contributed by atoms with E-state index in [1.807, 2.05) is 30.3 Å². The second-order valence-electron chi connectivity index (χ2n) is 14.5. The van der Waals surface area contributed by atoms with Crippen LogP contribution in [0.3, 0.4) is 0 Å². The summed E-state index contributed by atoms with van der Waals surface area (Å²) >= 11 is 0. The van der Waals surface area contributed by atoms with Gasteiger partial charge in [0.2, 0.25) is 5.95 Å². The zero-order chi connectivity index (χ0) is 37.5. The molecule has 0 atom stereocenters. The maximum atomic E-state index is 6.71. The fourth-order valence-electron chi connectivity index (χ4n) is 8.56. The third-order valence-electron chi connectivity index (χ3n) is 11.2. The van der Waals surface area contributed by atoms with Crippen LogP contribution < -0.4 is 0 Å². The SMILES string of the molecule is c1ccc(-c2cccc(-n3c4ccccc4c4cc5oc6cc(-c7nc(-c8ccccc8)nc(-n8c9ccccc9c9ccccc98)n7)ccc6c5cc43)c2)cc1. The molecule has 8 aromatic carbocycles. The molecular weight excluding hydrogens is 699 g/mol. The van der Waals surface area contributed by atoms with Crippen molar-refractivity contribution < 1.29 is 4.42 Å². The van der Waals surface area contributed by atoms with E-state index < -0.39 is 0 Å². The molecule has 0 radical (unpaired) electrons. The first-order chi connectivity index (χ1) is 28.2. The van der Waals surface area contributed by atoms with Crippen LogP contribution >= 0.6 is 0 Å². The molecule has 0 saturated carbocycles. The number of benzene rings is 8. The van der Waals surface area contributed by atoms with Crippen molar-refractivity contribution in [2.75, 3.05) is 0 Å². The molecule has 4 aromatic heterocycles. The highest BCUT2D eigenvalue weighted by atomic mass is 16.3. The molecule has 0 aliphatic rings. The van der Waals surface area contributed by atoms with Crippen LogP contribution in [0.5, 0.6) is 0 Å². The predicted octanol–water partition coefficient (Wildman–Crippen LogP) is 13.0. The van der Waals surface area contributed by atoms with Crippen LogP contribution in [0.25, 0.3) is 111 Å². The smallest absolute Gasteiger partial charge is 0.238 e. The summed E-state index contributed by atoms with van der Waals surface area (Å²) in [4.78, 5) is 15.3. The number of fused-ring (bicyclic) bond motifs is 9. The summed E-state index contributed by atoms with van der Waals surface area (Å²) in [6.07, 6.45) is 0. The van der Waals surface area contributed by atoms with Gasteiger partial charge in [-0.2, -0.15) is 9.97 Å². The molecule has 0 amide bonds. The third-order valence-corrected chi connectivity index (χ3v) is 11.2. The summed E-state index contributed by atoms with van der Waals surface area (Å²) in [5.74, 6) is 1.74. The van der Waals surface area contributed by atoms with E-state index in [0.717, 1.165) is 77.0 Å². The molecule has 0 aliphatic heterocycles. The van der Waals surface area contributed by atoms with E-state index >= 15 is 0 Å². The number of aromatic nitrogens is 5. The summed E-state index contributed by atoms with van der Waals surface area (Å²) in [5, 5.41) is 6.71. The van der Waals surface area contributed by atoms with Crippen LogP contribution in [0.4, 0.5) is 0 Å². The van der Waals surface area contributed by atoms with E-state index in [4.69, 9.17) is 19.4 Å². The normalized spacial score (nSPS) is 11.9. The van der Waals surface area contributed by atoms with Crippen molar-refractivity contribution in [1.29, 1.82) is 0 Å². The lowest BCUT2D eigenvalue weighted by atomic mass is 10.1. The summed E-state index contributed by atoms with van der Waals surface area (Å²) in [5.41, 5.74) is 11.2. The van der Waals surface area contributed by atoms with E-state index in [1.54, 1.807) is 0 Å². The minimum Gasteiger partial charge on any atom is -0.456 e. The highest BCUT2D eigenvalue weighted by Crippen LogP contribution is 2.40. The van der Waals surface area contributed by atoms with Gasteiger partial charge in [-0.05, 0) is 65.7 Å². The number of hydrogen-bond acceptors (Lipinski definition) is 4. The van der Waals surface area contributed by atoms with E-state index in [-0.39, 0.29) is 0 Å². The molecule has 4 heterocycles. The minimum absolute atomic E-state index is 0.562. The highest BCUT2D eigenvalue weighted by molar-refractivity contribution is 6.17. The molecule has 0 spiro atoms. The van der Waals surface area contributed by atoms with Gasteiger partial charge in [0.15, 0.2) is 11.6 Å². The van der Waals surface area contributed by atoms with Gasteiger partial charge in [0.1, 0.15) is 11.2 Å². The standard InChI is InChI=1S/C51H31N5O/c1-3-14-32(15-4-1)34-18-13-19-36(28-34)55-43-23-10-9-22-39(43)41-31-48-42(30-46(41)55)40-27-26-35(29-47(40)57-48)50-52-49(33-16-5-2-6-17-33)53-51(54-50)56-44-24-11-7-20-37(44)38-21-8-12-25-45(38)56/h1-31H. The Labute approximate surface area is 326 Å². The van der Waals surface area contributed by atoms with Crippen molar-refractivity contribution in [2.24, 2.45) is 0 Å². The fourth-order valence-corrected chi connectivity index (χ4v) is 8.56. The summed E-state index contributed by atoms with van der Waals surface area (Å²) in [6, 6.07) is 65.6. The molecule has 0 N–H and O–H groups in total. The molecule has 57 heavy (non-hydrogen) atoms. The Morgan fingerprint density at radius 1 is 0.316 bits per heavy atom. The Kier molecular flexibility index (Phi) is 6.83. The van der Waals surface area contributed by atoms with Crippen LogP contribution in [-0.4, -0.2) is 24.1 Å². The lowest BCUT2D eigenvalue weighted by Gasteiger charge is -2.11. The Hall–Kier alpha value is -7.83. The van der Waals surface area contributed by atoms with Gasteiger partial charge in [0.25, 0.3) is 0 Å². The van der Waals surface area contributed by atoms with Gasteiger partial charge in [-0.1, -0.05) is 133 Å². The van der Waals surface area contributed by atoms with Crippen molar-refractivity contribution in [3.05, 3.63) is 188 Å². The van der Waals surface area contributed by atoms with E-state index in [0.29, 0.717) is 17.6 Å². The Balaban J connectivity index is 1.05. The first kappa shape index (κ1) is 31.5. The number of furan rings is 1. The molecule has 0 aliphatic carbocycles. The summed E-state index contributed by atoms with van der Waals surface area (Å²) < 4.78 is 11.2. The Morgan fingerprint density at radius 3 is 1.58 bits per heavy atom. The first-order valence-electron chi connectivity index (χ1n) is 19.1. The second-order valence-corrected chi connectivity index (χ2v) is 14.5. The van der Waals surface area contributed by atoms with Gasteiger partial charge in [0, 0.05) is 49.1 Å². The van der Waals surface area contributed by atoms with Crippen LogP contribution in [0.1, 0.15) is 0 Å². The molecule has 0 fully saturated rings. The van der Waals surface area contributed by atoms with Gasteiger partial charge < -0.3 is 8.98 Å². The predicted molar refractivity (Wildman–Crippen MR) is 232 cm³/mol.